The van der Waals surface area contributed by atoms with E-state index >= 15 is 0 Å². The molecule has 0 unspecified atom stereocenters. The van der Waals surface area contributed by atoms with Crippen molar-refractivity contribution in [3.05, 3.63) is 69.5 Å². The normalized spacial score (nSPS) is 10.7. The molecule has 7 nitrogen and oxygen atoms in total. The Morgan fingerprint density at radius 2 is 2.00 bits per heavy atom. The molecule has 2 N–H and O–H groups in total. The largest absolute Gasteiger partial charge is 0.352 e. The maximum Gasteiger partial charge on any atom is 0.253 e. The fourth-order valence-corrected chi connectivity index (χ4v) is 2.84. The molecule has 0 aliphatic carbocycles. The average Bonchev–Trinajstić information content (AvgIpc) is 3.10. The van der Waals surface area contributed by atoms with Gasteiger partial charge in [-0.25, -0.2) is 0 Å². The first-order chi connectivity index (χ1) is 13.0. The molecule has 1 amide bonds. The highest BCUT2D eigenvalue weighted by molar-refractivity contribution is 5.75. The van der Waals surface area contributed by atoms with Crippen LogP contribution < -0.4 is 10.9 Å². The molecule has 2 aromatic heterocycles. The van der Waals surface area contributed by atoms with Crippen molar-refractivity contribution in [1.82, 2.24) is 20.4 Å². The fraction of sp³-hybridized carbons (Fsp3) is 0.300. The van der Waals surface area contributed by atoms with Gasteiger partial charge in [0.1, 0.15) is 0 Å². The molecule has 0 saturated carbocycles. The number of aromatic amines is 1. The van der Waals surface area contributed by atoms with E-state index in [0.29, 0.717) is 36.5 Å². The number of amides is 1. The van der Waals surface area contributed by atoms with Crippen LogP contribution in [0.1, 0.15) is 35.6 Å². The Bertz CT molecular complexity index is 976. The van der Waals surface area contributed by atoms with Crippen molar-refractivity contribution < 1.29 is 9.32 Å². The minimum absolute atomic E-state index is 0.114. The summed E-state index contributed by atoms with van der Waals surface area (Å²) in [5, 5.41) is 6.75. The van der Waals surface area contributed by atoms with Gasteiger partial charge in [-0.05, 0) is 31.9 Å². The van der Waals surface area contributed by atoms with Gasteiger partial charge in [-0.1, -0.05) is 35.5 Å². The van der Waals surface area contributed by atoms with E-state index in [1.54, 1.807) is 0 Å². The summed E-state index contributed by atoms with van der Waals surface area (Å²) in [5.74, 6) is 0.939. The second-order valence-corrected chi connectivity index (χ2v) is 6.45. The minimum Gasteiger partial charge on any atom is -0.352 e. The van der Waals surface area contributed by atoms with E-state index in [2.05, 4.69) is 20.4 Å². The van der Waals surface area contributed by atoms with Gasteiger partial charge >= 0.3 is 0 Å². The van der Waals surface area contributed by atoms with Gasteiger partial charge in [-0.3, -0.25) is 9.59 Å². The number of carbonyl (C=O) groups is 1. The Morgan fingerprint density at radius 3 is 2.74 bits per heavy atom. The third-order valence-electron chi connectivity index (χ3n) is 4.25. The van der Waals surface area contributed by atoms with Crippen molar-refractivity contribution in [3.63, 3.8) is 0 Å². The first kappa shape index (κ1) is 18.6. The maximum atomic E-state index is 12.0. The zero-order chi connectivity index (χ0) is 19.2. The zero-order valence-electron chi connectivity index (χ0n) is 15.4. The van der Waals surface area contributed by atoms with Crippen molar-refractivity contribution in [2.45, 2.75) is 39.7 Å². The van der Waals surface area contributed by atoms with Crippen LogP contribution in [0.5, 0.6) is 0 Å². The molecule has 0 spiro atoms. The topological polar surface area (TPSA) is 101 Å². The monoisotopic (exact) mass is 366 g/mol. The third kappa shape index (κ3) is 4.91. The molecule has 0 atom stereocenters. The number of aryl methyl sites for hydroxylation is 3. The van der Waals surface area contributed by atoms with E-state index in [1.165, 1.54) is 0 Å². The molecular weight excluding hydrogens is 344 g/mol. The molecule has 0 fully saturated rings. The number of hydrogen-bond acceptors (Lipinski definition) is 5. The van der Waals surface area contributed by atoms with Crippen LogP contribution in [-0.4, -0.2) is 21.0 Å². The molecule has 0 saturated heterocycles. The molecule has 0 radical (unpaired) electrons. The van der Waals surface area contributed by atoms with Gasteiger partial charge < -0.3 is 14.8 Å². The first-order valence-corrected chi connectivity index (χ1v) is 8.87. The van der Waals surface area contributed by atoms with Gasteiger partial charge in [0.25, 0.3) is 5.56 Å². The van der Waals surface area contributed by atoms with Crippen LogP contribution in [0.15, 0.2) is 45.7 Å². The lowest BCUT2D eigenvalue weighted by Crippen LogP contribution is -2.27. The lowest BCUT2D eigenvalue weighted by Gasteiger charge is -2.07. The van der Waals surface area contributed by atoms with E-state index in [9.17, 15) is 9.59 Å². The van der Waals surface area contributed by atoms with Crippen molar-refractivity contribution in [2.24, 2.45) is 0 Å². The third-order valence-corrected chi connectivity index (χ3v) is 4.25. The summed E-state index contributed by atoms with van der Waals surface area (Å²) < 4.78 is 5.23. The fourth-order valence-electron chi connectivity index (χ4n) is 2.84. The Balaban J connectivity index is 1.47. The van der Waals surface area contributed by atoms with E-state index in [1.807, 2.05) is 50.2 Å². The van der Waals surface area contributed by atoms with Gasteiger partial charge in [0.15, 0.2) is 0 Å². The summed E-state index contributed by atoms with van der Waals surface area (Å²) in [6.07, 6.45) is 1.44. The molecule has 27 heavy (non-hydrogen) atoms. The molecular formula is C20H22N4O3. The van der Waals surface area contributed by atoms with Crippen molar-refractivity contribution in [1.29, 1.82) is 0 Å². The Kier molecular flexibility index (Phi) is 5.80. The Morgan fingerprint density at radius 1 is 1.22 bits per heavy atom. The van der Waals surface area contributed by atoms with Crippen LogP contribution in [-0.2, 0) is 17.8 Å². The highest BCUT2D eigenvalue weighted by Crippen LogP contribution is 2.15. The molecule has 1 aromatic carbocycles. The molecule has 140 valence electrons. The van der Waals surface area contributed by atoms with Crippen LogP contribution >= 0.6 is 0 Å². The summed E-state index contributed by atoms with van der Waals surface area (Å²) in [7, 11) is 0. The quantitative estimate of drug-likeness (QED) is 0.669. The summed E-state index contributed by atoms with van der Waals surface area (Å²) in [6, 6.07) is 11.5. The van der Waals surface area contributed by atoms with Crippen molar-refractivity contribution in [3.8, 4) is 11.4 Å². The van der Waals surface area contributed by atoms with Gasteiger partial charge in [0.2, 0.25) is 17.6 Å². The van der Waals surface area contributed by atoms with Crippen molar-refractivity contribution >= 4 is 5.91 Å². The van der Waals surface area contributed by atoms with E-state index in [0.717, 1.165) is 16.8 Å². The molecule has 2 heterocycles. The minimum atomic E-state index is -0.160. The molecule has 0 aliphatic rings. The van der Waals surface area contributed by atoms with E-state index < -0.39 is 0 Å². The number of hydrogen-bond donors (Lipinski definition) is 2. The second kappa shape index (κ2) is 8.44. The van der Waals surface area contributed by atoms with E-state index in [-0.39, 0.29) is 18.0 Å². The summed E-state index contributed by atoms with van der Waals surface area (Å²) in [4.78, 5) is 31.1. The zero-order valence-corrected chi connectivity index (χ0v) is 15.4. The lowest BCUT2D eigenvalue weighted by molar-refractivity contribution is -0.121. The Labute approximate surface area is 156 Å². The van der Waals surface area contributed by atoms with Gasteiger partial charge in [-0.15, -0.1) is 0 Å². The number of H-pyrrole nitrogens is 1. The van der Waals surface area contributed by atoms with E-state index in [4.69, 9.17) is 4.52 Å². The summed E-state index contributed by atoms with van der Waals surface area (Å²) >= 11 is 0. The Hall–Kier alpha value is -3.22. The van der Waals surface area contributed by atoms with Crippen LogP contribution in [0, 0.1) is 13.8 Å². The molecule has 7 heteroatoms. The van der Waals surface area contributed by atoms with Gasteiger partial charge in [-0.2, -0.15) is 4.98 Å². The SMILES string of the molecule is Cc1cc(C)c(CNC(=O)CCCc2nc(-c3ccccc3)no2)c(=O)[nH]1. The van der Waals surface area contributed by atoms with Gasteiger partial charge in [0, 0.05) is 36.2 Å². The summed E-state index contributed by atoms with van der Waals surface area (Å²) in [5.41, 5.74) is 2.99. The number of nitrogens with zero attached hydrogens (tertiary/aromatic N) is 2. The number of nitrogens with one attached hydrogen (secondary N) is 2. The second-order valence-electron chi connectivity index (χ2n) is 6.45. The van der Waals surface area contributed by atoms with Crippen LogP contribution in [0.4, 0.5) is 0 Å². The van der Waals surface area contributed by atoms with Crippen molar-refractivity contribution in [2.75, 3.05) is 0 Å². The van der Waals surface area contributed by atoms with Gasteiger partial charge in [0.05, 0.1) is 0 Å². The predicted molar refractivity (Wildman–Crippen MR) is 101 cm³/mol. The predicted octanol–water partition coefficient (Wildman–Crippen LogP) is 2.68. The average molecular weight is 366 g/mol. The molecule has 3 rings (SSSR count). The molecule has 3 aromatic rings. The highest BCUT2D eigenvalue weighted by Gasteiger charge is 2.10. The van der Waals surface area contributed by atoms with Crippen LogP contribution in [0.25, 0.3) is 11.4 Å². The number of aromatic nitrogens is 3. The standard InChI is InChI=1S/C20H22N4O3/c1-13-11-14(2)22-20(26)16(13)12-21-17(25)9-6-10-18-23-19(24-27-18)15-7-4-3-5-8-15/h3-5,7-8,11H,6,9-10,12H2,1-2H3,(H,21,25)(H,22,26). The highest BCUT2D eigenvalue weighted by atomic mass is 16.5. The number of benzene rings is 1. The smallest absolute Gasteiger partial charge is 0.253 e. The number of rotatable bonds is 7. The van der Waals surface area contributed by atoms with Crippen LogP contribution in [0.2, 0.25) is 0 Å². The number of pyridine rings is 1. The number of carbonyl (C=O) groups excluding carboxylic acids is 1. The maximum absolute atomic E-state index is 12.0. The lowest BCUT2D eigenvalue weighted by atomic mass is 10.1. The first-order valence-electron chi connectivity index (χ1n) is 8.87. The molecule has 0 bridgehead atoms. The molecule has 0 aliphatic heterocycles. The summed E-state index contributed by atoms with van der Waals surface area (Å²) in [6.45, 7) is 3.92. The van der Waals surface area contributed by atoms with Crippen LogP contribution in [0.3, 0.4) is 0 Å².